The average Bonchev–Trinajstić information content (AvgIpc) is 2.42. The van der Waals surface area contributed by atoms with Crippen molar-refractivity contribution in [1.82, 2.24) is 15.5 Å². The van der Waals surface area contributed by atoms with Gasteiger partial charge in [-0.15, -0.1) is 10.2 Å². The van der Waals surface area contributed by atoms with Crippen molar-refractivity contribution in [2.75, 3.05) is 31.1 Å². The Morgan fingerprint density at radius 3 is 2.95 bits per heavy atom. The molecule has 1 aromatic heterocycles. The first-order valence-corrected chi connectivity index (χ1v) is 7.60. The lowest BCUT2D eigenvalue weighted by atomic mass is 9.99. The van der Waals surface area contributed by atoms with Crippen LogP contribution in [0.5, 0.6) is 0 Å². The predicted octanol–water partition coefficient (Wildman–Crippen LogP) is 3.00. The zero-order valence-corrected chi connectivity index (χ0v) is 12.7. The Bertz CT molecular complexity index is 408. The lowest BCUT2D eigenvalue weighted by molar-refractivity contribution is 0.376. The van der Waals surface area contributed by atoms with E-state index in [1.165, 1.54) is 12.8 Å². The highest BCUT2D eigenvalue weighted by Gasteiger charge is 2.19. The molecule has 1 saturated heterocycles. The van der Waals surface area contributed by atoms with Crippen LogP contribution in [-0.4, -0.2) is 36.4 Å². The van der Waals surface area contributed by atoms with E-state index in [0.717, 1.165) is 38.3 Å². The Hall–Kier alpha value is -0.580. The third-order valence-corrected chi connectivity index (χ3v) is 3.87. The largest absolute Gasteiger partial charge is 0.369 e. The summed E-state index contributed by atoms with van der Waals surface area (Å²) in [6.07, 6.45) is 3.57. The molecule has 0 aromatic carbocycles. The summed E-state index contributed by atoms with van der Waals surface area (Å²) in [5.74, 6) is 0.656. The van der Waals surface area contributed by atoms with Crippen molar-refractivity contribution in [1.29, 1.82) is 0 Å². The monoisotopic (exact) mass is 302 g/mol. The molecule has 1 aromatic rings. The molecular weight excluding hydrogens is 283 g/mol. The normalized spacial score (nSPS) is 19.4. The van der Waals surface area contributed by atoms with E-state index >= 15 is 0 Å². The van der Waals surface area contributed by atoms with Gasteiger partial charge in [-0.05, 0) is 38.3 Å². The molecule has 1 atom stereocenters. The van der Waals surface area contributed by atoms with E-state index in [0.29, 0.717) is 16.2 Å². The van der Waals surface area contributed by atoms with Crippen molar-refractivity contribution in [2.24, 2.45) is 5.92 Å². The smallest absolute Gasteiger partial charge is 0.175 e. The first kappa shape index (κ1) is 14.8. The SMILES string of the molecule is CCCN(CC1CCCNC1)c1cc(Cl)nnc1Cl. The highest BCUT2D eigenvalue weighted by atomic mass is 35.5. The van der Waals surface area contributed by atoms with Crippen LogP contribution in [0, 0.1) is 5.92 Å². The van der Waals surface area contributed by atoms with Crippen molar-refractivity contribution in [2.45, 2.75) is 26.2 Å². The Kier molecular flexibility index (Phi) is 5.67. The predicted molar refractivity (Wildman–Crippen MR) is 80.1 cm³/mol. The van der Waals surface area contributed by atoms with Crippen LogP contribution in [0.4, 0.5) is 5.69 Å². The minimum Gasteiger partial charge on any atom is -0.369 e. The van der Waals surface area contributed by atoms with Crippen molar-refractivity contribution in [3.8, 4) is 0 Å². The topological polar surface area (TPSA) is 41.0 Å². The number of nitrogens with one attached hydrogen (secondary N) is 1. The van der Waals surface area contributed by atoms with E-state index in [-0.39, 0.29) is 0 Å². The maximum Gasteiger partial charge on any atom is 0.175 e. The number of anilines is 1. The standard InChI is InChI=1S/C13H20Cl2N4/c1-2-6-19(9-10-4-3-5-16-8-10)11-7-12(14)17-18-13(11)15/h7,10,16H,2-6,8-9H2,1H3. The van der Waals surface area contributed by atoms with Gasteiger partial charge in [0, 0.05) is 19.2 Å². The van der Waals surface area contributed by atoms with Crippen LogP contribution in [0.25, 0.3) is 0 Å². The zero-order chi connectivity index (χ0) is 13.7. The molecule has 1 fully saturated rings. The van der Waals surface area contributed by atoms with Gasteiger partial charge in [-0.3, -0.25) is 0 Å². The number of hydrogen-bond acceptors (Lipinski definition) is 4. The molecule has 19 heavy (non-hydrogen) atoms. The Labute approximate surface area is 124 Å². The fraction of sp³-hybridized carbons (Fsp3) is 0.692. The minimum atomic E-state index is 0.391. The molecule has 1 aliphatic rings. The van der Waals surface area contributed by atoms with E-state index in [2.05, 4.69) is 27.3 Å². The van der Waals surface area contributed by atoms with Crippen molar-refractivity contribution in [3.05, 3.63) is 16.4 Å². The molecule has 0 amide bonds. The van der Waals surface area contributed by atoms with Gasteiger partial charge in [0.1, 0.15) is 0 Å². The summed E-state index contributed by atoms with van der Waals surface area (Å²) in [4.78, 5) is 2.28. The van der Waals surface area contributed by atoms with E-state index in [1.807, 2.05) is 6.07 Å². The number of hydrogen-bond donors (Lipinski definition) is 1. The molecule has 106 valence electrons. The molecule has 0 bridgehead atoms. The Balaban J connectivity index is 2.11. The first-order chi connectivity index (χ1) is 9.20. The summed E-state index contributed by atoms with van der Waals surface area (Å²) in [6, 6.07) is 1.81. The molecule has 2 heterocycles. The van der Waals surface area contributed by atoms with E-state index in [1.54, 1.807) is 0 Å². The highest BCUT2D eigenvalue weighted by molar-refractivity contribution is 6.33. The summed E-state index contributed by atoms with van der Waals surface area (Å²) in [5.41, 5.74) is 0.897. The number of aromatic nitrogens is 2. The molecule has 0 spiro atoms. The highest BCUT2D eigenvalue weighted by Crippen LogP contribution is 2.27. The van der Waals surface area contributed by atoms with Crippen molar-refractivity contribution in [3.63, 3.8) is 0 Å². The summed E-state index contributed by atoms with van der Waals surface area (Å²) in [7, 11) is 0. The van der Waals surface area contributed by atoms with Crippen LogP contribution in [0.1, 0.15) is 26.2 Å². The van der Waals surface area contributed by atoms with Gasteiger partial charge in [0.05, 0.1) is 5.69 Å². The molecule has 2 rings (SSSR count). The van der Waals surface area contributed by atoms with E-state index < -0.39 is 0 Å². The fourth-order valence-corrected chi connectivity index (χ4v) is 2.89. The van der Waals surface area contributed by atoms with Crippen molar-refractivity contribution < 1.29 is 0 Å². The summed E-state index contributed by atoms with van der Waals surface area (Å²) < 4.78 is 0. The summed E-state index contributed by atoms with van der Waals surface area (Å²) in [5, 5.41) is 11.9. The first-order valence-electron chi connectivity index (χ1n) is 6.85. The lowest BCUT2D eigenvalue weighted by Gasteiger charge is -2.31. The molecule has 1 aliphatic heterocycles. The lowest BCUT2D eigenvalue weighted by Crippen LogP contribution is -2.39. The fourth-order valence-electron chi connectivity index (χ4n) is 2.54. The minimum absolute atomic E-state index is 0.391. The second kappa shape index (κ2) is 7.27. The molecule has 6 heteroatoms. The number of halogens is 2. The van der Waals surface area contributed by atoms with Crippen LogP contribution < -0.4 is 10.2 Å². The van der Waals surface area contributed by atoms with Gasteiger partial charge in [0.2, 0.25) is 0 Å². The number of nitrogens with zero attached hydrogens (tertiary/aromatic N) is 3. The molecule has 0 saturated carbocycles. The summed E-state index contributed by atoms with van der Waals surface area (Å²) in [6.45, 7) is 6.31. The Morgan fingerprint density at radius 1 is 1.42 bits per heavy atom. The average molecular weight is 303 g/mol. The number of rotatable bonds is 5. The zero-order valence-electron chi connectivity index (χ0n) is 11.2. The third-order valence-electron chi connectivity index (χ3n) is 3.41. The maximum absolute atomic E-state index is 6.15. The quantitative estimate of drug-likeness (QED) is 0.908. The van der Waals surface area contributed by atoms with Gasteiger partial charge in [0.15, 0.2) is 10.3 Å². The number of piperidine rings is 1. The van der Waals surface area contributed by atoms with Crippen LogP contribution in [0.2, 0.25) is 10.3 Å². The van der Waals surface area contributed by atoms with Crippen molar-refractivity contribution >= 4 is 28.9 Å². The molecule has 4 nitrogen and oxygen atoms in total. The molecule has 0 aliphatic carbocycles. The molecule has 1 unspecified atom stereocenters. The second-order valence-electron chi connectivity index (χ2n) is 5.00. The van der Waals surface area contributed by atoms with E-state index in [9.17, 15) is 0 Å². The Morgan fingerprint density at radius 2 is 2.26 bits per heavy atom. The molecular formula is C13H20Cl2N4. The molecule has 0 radical (unpaired) electrons. The van der Waals surface area contributed by atoms with Crippen LogP contribution in [-0.2, 0) is 0 Å². The van der Waals surface area contributed by atoms with Gasteiger partial charge in [-0.25, -0.2) is 0 Å². The van der Waals surface area contributed by atoms with Gasteiger partial charge < -0.3 is 10.2 Å². The van der Waals surface area contributed by atoms with Gasteiger partial charge >= 0.3 is 0 Å². The third kappa shape index (κ3) is 4.20. The second-order valence-corrected chi connectivity index (χ2v) is 5.75. The molecule has 1 N–H and O–H groups in total. The van der Waals surface area contributed by atoms with Crippen LogP contribution >= 0.6 is 23.2 Å². The van der Waals surface area contributed by atoms with Crippen LogP contribution in [0.15, 0.2) is 6.07 Å². The van der Waals surface area contributed by atoms with Gasteiger partial charge in [0.25, 0.3) is 0 Å². The maximum atomic E-state index is 6.15. The summed E-state index contributed by atoms with van der Waals surface area (Å²) >= 11 is 12.1. The van der Waals surface area contributed by atoms with Gasteiger partial charge in [-0.2, -0.15) is 0 Å². The van der Waals surface area contributed by atoms with E-state index in [4.69, 9.17) is 23.2 Å². The van der Waals surface area contributed by atoms with Crippen LogP contribution in [0.3, 0.4) is 0 Å². The van der Waals surface area contributed by atoms with Gasteiger partial charge in [-0.1, -0.05) is 30.1 Å².